The fourth-order valence-corrected chi connectivity index (χ4v) is 5.77. The minimum atomic E-state index is -3.33. The summed E-state index contributed by atoms with van der Waals surface area (Å²) < 4.78 is 66.3. The number of carbonyl (C=O) groups is 2. The van der Waals surface area contributed by atoms with E-state index in [1.165, 1.54) is 13.2 Å². The number of alkyl halides is 2. The molecule has 226 valence electrons. The van der Waals surface area contributed by atoms with E-state index in [9.17, 15) is 22.8 Å². The number of hydrogen-bond donors (Lipinski definition) is 0. The fourth-order valence-electron chi connectivity index (χ4n) is 4.56. The molecule has 0 N–H and O–H groups in total. The van der Waals surface area contributed by atoms with E-state index in [1.54, 1.807) is 68.1 Å². The van der Waals surface area contributed by atoms with Crippen LogP contribution in [0, 0.1) is 5.82 Å². The van der Waals surface area contributed by atoms with E-state index in [2.05, 4.69) is 0 Å². The molecule has 1 aromatic heterocycles. The van der Waals surface area contributed by atoms with Gasteiger partial charge in [0, 0.05) is 28.1 Å². The number of fused-ring (bicyclic) bond motifs is 1. The number of ether oxygens (including phenoxy) is 4. The number of nitrogens with zero attached hydrogens (tertiary/aromatic N) is 1. The summed E-state index contributed by atoms with van der Waals surface area (Å²) in [6, 6.07) is 14.8. The average Bonchev–Trinajstić information content (AvgIpc) is 3.26. The van der Waals surface area contributed by atoms with Gasteiger partial charge in [-0.25, -0.2) is 22.8 Å². The summed E-state index contributed by atoms with van der Waals surface area (Å²) in [4.78, 5) is 26.2. The molecule has 1 amide bonds. The third kappa shape index (κ3) is 6.72. The number of hydrogen-bond acceptors (Lipinski definition) is 7. The Morgan fingerprint density at radius 3 is 2.23 bits per heavy atom. The number of benzene rings is 3. The molecule has 43 heavy (non-hydrogen) atoms. The quantitative estimate of drug-likeness (QED) is 0.195. The molecule has 7 nitrogen and oxygen atoms in total. The average molecular weight is 614 g/mol. The van der Waals surface area contributed by atoms with Crippen LogP contribution < -0.4 is 9.47 Å². The van der Waals surface area contributed by atoms with E-state index in [0.717, 1.165) is 23.5 Å². The van der Waals surface area contributed by atoms with Gasteiger partial charge in [0.2, 0.25) is 0 Å². The van der Waals surface area contributed by atoms with Crippen molar-refractivity contribution in [3.8, 4) is 27.7 Å². The van der Waals surface area contributed by atoms with Gasteiger partial charge in [-0.1, -0.05) is 6.07 Å². The first kappa shape index (κ1) is 30.2. The van der Waals surface area contributed by atoms with Gasteiger partial charge in [0.1, 0.15) is 29.0 Å². The number of halogens is 3. The molecule has 1 aliphatic rings. The van der Waals surface area contributed by atoms with Gasteiger partial charge in [-0.2, -0.15) is 0 Å². The Hall–Kier alpha value is -4.25. The molecule has 5 rings (SSSR count). The van der Waals surface area contributed by atoms with Crippen LogP contribution in [0.25, 0.3) is 20.5 Å². The largest absolute Gasteiger partial charge is 0.487 e. The maximum absolute atomic E-state index is 14.6. The van der Waals surface area contributed by atoms with Crippen LogP contribution >= 0.6 is 11.3 Å². The van der Waals surface area contributed by atoms with E-state index in [4.69, 9.17) is 18.9 Å². The van der Waals surface area contributed by atoms with Crippen LogP contribution in [-0.2, 0) is 15.4 Å². The minimum absolute atomic E-state index is 0.115. The second-order valence-electron chi connectivity index (χ2n) is 11.2. The Morgan fingerprint density at radius 1 is 0.930 bits per heavy atom. The Morgan fingerprint density at radius 2 is 1.60 bits per heavy atom. The number of likely N-dealkylation sites (tertiary alicyclic amines) is 1. The zero-order valence-corrected chi connectivity index (χ0v) is 25.0. The van der Waals surface area contributed by atoms with E-state index in [0.29, 0.717) is 46.5 Å². The zero-order chi connectivity index (χ0) is 31.1. The van der Waals surface area contributed by atoms with Crippen molar-refractivity contribution < 1.29 is 41.7 Å². The third-order valence-electron chi connectivity index (χ3n) is 6.61. The summed E-state index contributed by atoms with van der Waals surface area (Å²) in [5, 5.41) is 0.583. The molecule has 1 aliphatic heterocycles. The SMILES string of the molecule is COC(=O)c1ccc2c(Oc3ccc(OC4CN(C(=O)OC(C)(C)C)C4)cc3)c(-c3ccc(F)cc3C(C)(F)F)sc2c1. The van der Waals surface area contributed by atoms with Crippen molar-refractivity contribution in [1.82, 2.24) is 4.90 Å². The summed E-state index contributed by atoms with van der Waals surface area (Å²) in [5.41, 5.74) is -0.658. The normalized spacial score (nSPS) is 13.9. The molecular formula is C32H30F3NO6S. The Labute approximate surface area is 250 Å². The van der Waals surface area contributed by atoms with Crippen LogP contribution in [0.3, 0.4) is 0 Å². The lowest BCUT2D eigenvalue weighted by atomic mass is 10.00. The lowest BCUT2D eigenvalue weighted by Crippen LogP contribution is -2.57. The number of thiophene rings is 1. The topological polar surface area (TPSA) is 74.3 Å². The van der Waals surface area contributed by atoms with Gasteiger partial charge >= 0.3 is 12.1 Å². The number of methoxy groups -OCH3 is 1. The lowest BCUT2D eigenvalue weighted by molar-refractivity contribution is -0.0221. The molecular weight excluding hydrogens is 583 g/mol. The first-order valence-corrected chi connectivity index (χ1v) is 14.3. The van der Waals surface area contributed by atoms with Gasteiger partial charge in [-0.05, 0) is 75.4 Å². The summed E-state index contributed by atoms with van der Waals surface area (Å²) in [6.45, 7) is 6.92. The predicted octanol–water partition coefficient (Wildman–Crippen LogP) is 8.40. The molecule has 0 saturated carbocycles. The van der Waals surface area contributed by atoms with Crippen molar-refractivity contribution in [2.24, 2.45) is 0 Å². The molecule has 1 saturated heterocycles. The summed E-state index contributed by atoms with van der Waals surface area (Å²) in [6.07, 6.45) is -0.581. The van der Waals surface area contributed by atoms with E-state index < -0.39 is 35.0 Å². The number of esters is 1. The first-order chi connectivity index (χ1) is 20.2. The second-order valence-corrected chi connectivity index (χ2v) is 12.3. The third-order valence-corrected chi connectivity index (χ3v) is 7.78. The molecule has 0 aliphatic carbocycles. The summed E-state index contributed by atoms with van der Waals surface area (Å²) in [5.74, 6) is -3.41. The molecule has 0 spiro atoms. The predicted molar refractivity (Wildman–Crippen MR) is 157 cm³/mol. The first-order valence-electron chi connectivity index (χ1n) is 13.5. The molecule has 11 heteroatoms. The van der Waals surface area contributed by atoms with Gasteiger partial charge < -0.3 is 23.8 Å². The number of amides is 1. The molecule has 1 fully saturated rings. The van der Waals surface area contributed by atoms with Crippen LogP contribution in [0.4, 0.5) is 18.0 Å². The molecule has 0 radical (unpaired) electrons. The van der Waals surface area contributed by atoms with Crippen LogP contribution in [0.15, 0.2) is 60.7 Å². The Kier molecular flexibility index (Phi) is 8.04. The van der Waals surface area contributed by atoms with Crippen molar-refractivity contribution in [2.75, 3.05) is 20.2 Å². The van der Waals surface area contributed by atoms with Gasteiger partial charge in [0.15, 0.2) is 5.75 Å². The summed E-state index contributed by atoms with van der Waals surface area (Å²) in [7, 11) is 1.27. The van der Waals surface area contributed by atoms with Crippen LogP contribution in [0.2, 0.25) is 0 Å². The van der Waals surface area contributed by atoms with E-state index in [-0.39, 0.29) is 23.0 Å². The maximum atomic E-state index is 14.6. The maximum Gasteiger partial charge on any atom is 0.410 e. The Bertz CT molecular complexity index is 1670. The van der Waals surface area contributed by atoms with Crippen molar-refractivity contribution in [3.63, 3.8) is 0 Å². The standard InChI is InChI=1S/C32H30F3NO6S/c1-31(2,3)42-30(38)36-16-22(17-36)40-20-8-10-21(11-9-20)41-27-24-12-6-18(29(37)39-5)14-26(24)43-28(27)23-13-7-19(33)15-25(23)32(4,34)35/h6-15,22H,16-17H2,1-5H3. The van der Waals surface area contributed by atoms with Gasteiger partial charge in [0.25, 0.3) is 5.92 Å². The van der Waals surface area contributed by atoms with Crippen molar-refractivity contribution in [2.45, 2.75) is 45.3 Å². The minimum Gasteiger partial charge on any atom is -0.487 e. The van der Waals surface area contributed by atoms with Crippen LogP contribution in [-0.4, -0.2) is 48.9 Å². The second kappa shape index (κ2) is 11.4. The van der Waals surface area contributed by atoms with Crippen molar-refractivity contribution >= 4 is 33.5 Å². The molecule has 0 unspecified atom stereocenters. The van der Waals surface area contributed by atoms with Crippen molar-refractivity contribution in [1.29, 1.82) is 0 Å². The van der Waals surface area contributed by atoms with E-state index in [1.807, 2.05) is 0 Å². The molecule has 0 bridgehead atoms. The highest BCUT2D eigenvalue weighted by molar-refractivity contribution is 7.22. The molecule has 2 heterocycles. The van der Waals surface area contributed by atoms with Gasteiger partial charge in [0.05, 0.1) is 30.6 Å². The monoisotopic (exact) mass is 613 g/mol. The zero-order valence-electron chi connectivity index (χ0n) is 24.2. The highest BCUT2D eigenvalue weighted by Gasteiger charge is 2.35. The fraction of sp³-hybridized carbons (Fsp3) is 0.312. The van der Waals surface area contributed by atoms with Gasteiger partial charge in [-0.15, -0.1) is 11.3 Å². The van der Waals surface area contributed by atoms with Crippen molar-refractivity contribution in [3.05, 3.63) is 77.6 Å². The number of rotatable bonds is 7. The smallest absolute Gasteiger partial charge is 0.410 e. The number of carbonyl (C=O) groups excluding carboxylic acids is 2. The summed E-state index contributed by atoms with van der Waals surface area (Å²) >= 11 is 1.15. The highest BCUT2D eigenvalue weighted by atomic mass is 32.1. The lowest BCUT2D eigenvalue weighted by Gasteiger charge is -2.39. The molecule has 0 atom stereocenters. The van der Waals surface area contributed by atoms with Crippen LogP contribution in [0.1, 0.15) is 43.6 Å². The van der Waals surface area contributed by atoms with Crippen LogP contribution in [0.5, 0.6) is 17.2 Å². The highest BCUT2D eigenvalue weighted by Crippen LogP contribution is 2.49. The molecule has 3 aromatic carbocycles. The Balaban J connectivity index is 1.41. The van der Waals surface area contributed by atoms with Gasteiger partial charge in [-0.3, -0.25) is 0 Å². The molecule has 4 aromatic rings. The van der Waals surface area contributed by atoms with E-state index >= 15 is 0 Å².